The van der Waals surface area contributed by atoms with Gasteiger partial charge in [0.1, 0.15) is 6.54 Å². The largest absolute Gasteiger partial charge is 0.323 e. The van der Waals surface area contributed by atoms with Crippen LogP contribution in [0.15, 0.2) is 82.6 Å². The van der Waals surface area contributed by atoms with Crippen molar-refractivity contribution in [2.45, 2.75) is 23.6 Å². The molecule has 0 radical (unpaired) electrons. The van der Waals surface area contributed by atoms with Gasteiger partial charge in [-0.3, -0.25) is 9.10 Å². The minimum absolute atomic E-state index is 0.299. The number of carbonyl (C=O) groups excluding carboxylic acids is 1. The van der Waals surface area contributed by atoms with Gasteiger partial charge in [0.2, 0.25) is 15.9 Å². The van der Waals surface area contributed by atoms with Crippen LogP contribution in [0, 0.1) is 13.8 Å². The zero-order chi connectivity index (χ0) is 21.7. The monoisotopic (exact) mass is 440 g/mol. The van der Waals surface area contributed by atoms with Gasteiger partial charge in [-0.2, -0.15) is 0 Å². The average molecular weight is 441 g/mol. The zero-order valence-electron chi connectivity index (χ0n) is 17.1. The highest BCUT2D eigenvalue weighted by atomic mass is 32.2. The smallest absolute Gasteiger partial charge is 0.245 e. The number of anilines is 2. The van der Waals surface area contributed by atoms with Crippen molar-refractivity contribution in [3.8, 4) is 0 Å². The molecule has 0 fully saturated rings. The first-order valence-corrected chi connectivity index (χ1v) is 12.1. The summed E-state index contributed by atoms with van der Waals surface area (Å²) in [7, 11) is -3.63. The van der Waals surface area contributed by atoms with Crippen molar-refractivity contribution in [2.75, 3.05) is 22.4 Å². The van der Waals surface area contributed by atoms with Crippen molar-refractivity contribution >= 4 is 39.1 Å². The van der Waals surface area contributed by atoms with Crippen LogP contribution < -0.4 is 9.62 Å². The molecule has 0 unspecified atom stereocenters. The average Bonchev–Trinajstić information content (AvgIpc) is 2.68. The fraction of sp³-hybridized carbons (Fsp3) is 0.174. The number of hydrogen-bond acceptors (Lipinski definition) is 4. The number of benzene rings is 3. The van der Waals surface area contributed by atoms with Gasteiger partial charge in [-0.05, 0) is 49.7 Å². The molecule has 0 heterocycles. The lowest BCUT2D eigenvalue weighted by atomic mass is 10.1. The maximum absolute atomic E-state index is 12.8. The van der Waals surface area contributed by atoms with E-state index in [0.717, 1.165) is 31.5 Å². The molecule has 0 spiro atoms. The lowest BCUT2D eigenvalue weighted by molar-refractivity contribution is -0.114. The highest BCUT2D eigenvalue weighted by Gasteiger charge is 2.23. The molecular weight excluding hydrogens is 416 g/mol. The lowest BCUT2D eigenvalue weighted by Crippen LogP contribution is -2.38. The molecule has 0 bridgehead atoms. The minimum Gasteiger partial charge on any atom is -0.323 e. The molecule has 1 amide bonds. The quantitative estimate of drug-likeness (QED) is 0.570. The number of amides is 1. The predicted molar refractivity (Wildman–Crippen MR) is 124 cm³/mol. The van der Waals surface area contributed by atoms with Gasteiger partial charge in [-0.25, -0.2) is 8.42 Å². The summed E-state index contributed by atoms with van der Waals surface area (Å²) in [6.45, 7) is 3.48. The fourth-order valence-corrected chi connectivity index (χ4v) is 4.90. The van der Waals surface area contributed by atoms with Crippen molar-refractivity contribution in [2.24, 2.45) is 0 Å². The van der Waals surface area contributed by atoms with Gasteiger partial charge in [0.05, 0.1) is 17.6 Å². The highest BCUT2D eigenvalue weighted by molar-refractivity contribution is 7.99. The molecule has 0 aliphatic carbocycles. The second kappa shape index (κ2) is 9.36. The molecule has 0 saturated carbocycles. The van der Waals surface area contributed by atoms with Crippen LogP contribution in [0.5, 0.6) is 0 Å². The number of hydrogen-bond donors (Lipinski definition) is 1. The first-order valence-electron chi connectivity index (χ1n) is 9.41. The van der Waals surface area contributed by atoms with E-state index in [1.54, 1.807) is 6.07 Å². The van der Waals surface area contributed by atoms with Crippen LogP contribution in [0.3, 0.4) is 0 Å². The van der Waals surface area contributed by atoms with Crippen LogP contribution in [0.25, 0.3) is 0 Å². The Labute approximate surface area is 182 Å². The van der Waals surface area contributed by atoms with Gasteiger partial charge in [-0.1, -0.05) is 59.8 Å². The normalized spacial score (nSPS) is 11.2. The number of para-hydroxylation sites is 1. The molecule has 3 aromatic carbocycles. The number of aryl methyl sites for hydroxylation is 2. The van der Waals surface area contributed by atoms with Gasteiger partial charge < -0.3 is 5.32 Å². The molecule has 156 valence electrons. The number of nitrogens with one attached hydrogen (secondary N) is 1. The number of nitrogens with zero attached hydrogens (tertiary/aromatic N) is 1. The standard InChI is InChI=1S/C23H24N2O3S2/c1-17-13-14-21(18(2)15-17)25(30(3,27)28)16-23(26)24-20-11-7-8-12-22(20)29-19-9-5-4-6-10-19/h4-15H,16H2,1-3H3,(H,24,26). The molecule has 5 nitrogen and oxygen atoms in total. The molecule has 3 aromatic rings. The molecule has 0 aromatic heterocycles. The summed E-state index contributed by atoms with van der Waals surface area (Å²) in [4.78, 5) is 14.7. The molecule has 0 aliphatic heterocycles. The molecule has 0 saturated heterocycles. The first-order chi connectivity index (χ1) is 14.2. The Morgan fingerprint density at radius 1 is 0.967 bits per heavy atom. The van der Waals surface area contributed by atoms with Crippen molar-refractivity contribution < 1.29 is 13.2 Å². The summed E-state index contributed by atoms with van der Waals surface area (Å²) in [6, 6.07) is 22.8. The summed E-state index contributed by atoms with van der Waals surface area (Å²) in [5.74, 6) is -0.401. The third-order valence-corrected chi connectivity index (χ3v) is 6.65. The predicted octanol–water partition coefficient (Wildman–Crippen LogP) is 4.86. The highest BCUT2D eigenvalue weighted by Crippen LogP contribution is 2.33. The molecule has 0 atom stereocenters. The third kappa shape index (κ3) is 5.64. The summed E-state index contributed by atoms with van der Waals surface area (Å²) >= 11 is 1.53. The molecule has 30 heavy (non-hydrogen) atoms. The van der Waals surface area contributed by atoms with Crippen molar-refractivity contribution in [3.63, 3.8) is 0 Å². The number of sulfonamides is 1. The van der Waals surface area contributed by atoms with Crippen molar-refractivity contribution in [3.05, 3.63) is 83.9 Å². The first kappa shape index (κ1) is 21.9. The summed E-state index contributed by atoms with van der Waals surface area (Å²) in [6.07, 6.45) is 1.11. The Morgan fingerprint density at radius 3 is 2.30 bits per heavy atom. The number of rotatable bonds is 7. The van der Waals surface area contributed by atoms with Gasteiger partial charge in [0.25, 0.3) is 0 Å². The molecule has 1 N–H and O–H groups in total. The van der Waals surface area contributed by atoms with Crippen LogP contribution >= 0.6 is 11.8 Å². The van der Waals surface area contributed by atoms with E-state index in [2.05, 4.69) is 5.32 Å². The van der Waals surface area contributed by atoms with Crippen LogP contribution in [-0.4, -0.2) is 27.1 Å². The Morgan fingerprint density at radius 2 is 1.63 bits per heavy atom. The number of carbonyl (C=O) groups is 1. The van der Waals surface area contributed by atoms with Gasteiger partial charge in [0, 0.05) is 9.79 Å². The van der Waals surface area contributed by atoms with Gasteiger partial charge in [0.15, 0.2) is 0 Å². The topological polar surface area (TPSA) is 66.5 Å². The van der Waals surface area contributed by atoms with E-state index in [-0.39, 0.29) is 6.54 Å². The second-order valence-corrected chi connectivity index (χ2v) is 10.0. The molecule has 3 rings (SSSR count). The van der Waals surface area contributed by atoms with E-state index < -0.39 is 15.9 Å². The van der Waals surface area contributed by atoms with E-state index >= 15 is 0 Å². The van der Waals surface area contributed by atoms with Crippen LogP contribution in [0.1, 0.15) is 11.1 Å². The van der Waals surface area contributed by atoms with E-state index in [0.29, 0.717) is 11.4 Å². The molecular formula is C23H24N2O3S2. The Bertz CT molecular complexity index is 1150. The second-order valence-electron chi connectivity index (χ2n) is 7.02. The Kier molecular flexibility index (Phi) is 6.84. The van der Waals surface area contributed by atoms with E-state index in [4.69, 9.17) is 0 Å². The Hall–Kier alpha value is -2.77. The van der Waals surface area contributed by atoms with Crippen LogP contribution in [0.2, 0.25) is 0 Å². The van der Waals surface area contributed by atoms with Crippen molar-refractivity contribution in [1.82, 2.24) is 0 Å². The van der Waals surface area contributed by atoms with Crippen LogP contribution in [0.4, 0.5) is 11.4 Å². The van der Waals surface area contributed by atoms with Crippen LogP contribution in [-0.2, 0) is 14.8 Å². The van der Waals surface area contributed by atoms with Gasteiger partial charge >= 0.3 is 0 Å². The summed E-state index contributed by atoms with van der Waals surface area (Å²) < 4.78 is 26.0. The maximum Gasteiger partial charge on any atom is 0.245 e. The fourth-order valence-electron chi connectivity index (χ4n) is 3.06. The van der Waals surface area contributed by atoms with Crippen molar-refractivity contribution in [1.29, 1.82) is 0 Å². The molecule has 7 heteroatoms. The van der Waals surface area contributed by atoms with E-state index in [1.807, 2.05) is 80.6 Å². The van der Waals surface area contributed by atoms with E-state index in [1.165, 1.54) is 11.8 Å². The lowest BCUT2D eigenvalue weighted by Gasteiger charge is -2.24. The third-order valence-electron chi connectivity index (χ3n) is 4.44. The summed E-state index contributed by atoms with van der Waals surface area (Å²) in [5, 5.41) is 2.87. The van der Waals surface area contributed by atoms with Gasteiger partial charge in [-0.15, -0.1) is 0 Å². The Balaban J connectivity index is 1.81. The molecule has 0 aliphatic rings. The minimum atomic E-state index is -3.63. The summed E-state index contributed by atoms with van der Waals surface area (Å²) in [5.41, 5.74) is 2.98. The maximum atomic E-state index is 12.8. The zero-order valence-corrected chi connectivity index (χ0v) is 18.8. The van der Waals surface area contributed by atoms with E-state index in [9.17, 15) is 13.2 Å². The SMILES string of the molecule is Cc1ccc(N(CC(=O)Nc2ccccc2Sc2ccccc2)S(C)(=O)=O)c(C)c1.